The number of hydrogen-bond donors (Lipinski definition) is 2. The lowest BCUT2D eigenvalue weighted by atomic mass is 10.1. The zero-order chi connectivity index (χ0) is 16.0. The van der Waals surface area contributed by atoms with Crippen molar-refractivity contribution in [2.45, 2.75) is 44.4 Å². The molecule has 0 aliphatic carbocycles. The van der Waals surface area contributed by atoms with Crippen molar-refractivity contribution in [3.63, 3.8) is 0 Å². The van der Waals surface area contributed by atoms with E-state index >= 15 is 0 Å². The Labute approximate surface area is 125 Å². The molecule has 5 nitrogen and oxygen atoms in total. The fraction of sp³-hybridized carbons (Fsp3) is 0.533. The van der Waals surface area contributed by atoms with Gasteiger partial charge in [0.2, 0.25) is 0 Å². The monoisotopic (exact) mass is 314 g/mol. The molecule has 2 N–H and O–H groups in total. The molecular weight excluding hydrogens is 292 g/mol. The fourth-order valence-corrected chi connectivity index (χ4v) is 3.92. The predicted molar refractivity (Wildman–Crippen MR) is 80.5 cm³/mol. The molecule has 21 heavy (non-hydrogen) atoms. The van der Waals surface area contributed by atoms with Crippen LogP contribution in [0.1, 0.15) is 47.2 Å². The Kier molecular flexibility index (Phi) is 6.36. The number of benzene rings is 1. The Hall–Kier alpha value is -1.40. The predicted octanol–water partition coefficient (Wildman–Crippen LogP) is 2.33. The first-order chi connectivity index (χ1) is 9.79. The van der Waals surface area contributed by atoms with Crippen molar-refractivity contribution >= 4 is 15.8 Å². The molecule has 0 bridgehead atoms. The molecule has 1 aromatic rings. The second-order valence-corrected chi connectivity index (χ2v) is 7.27. The van der Waals surface area contributed by atoms with Crippen molar-refractivity contribution in [3.05, 3.63) is 28.8 Å². The molecule has 0 radical (unpaired) electrons. The van der Waals surface area contributed by atoms with Gasteiger partial charge in [-0.05, 0) is 43.9 Å². The first-order valence-corrected chi connectivity index (χ1v) is 8.63. The quantitative estimate of drug-likeness (QED) is 0.719. The number of aliphatic hydroxyl groups excluding tert-OH is 1. The molecule has 0 atom stereocenters. The van der Waals surface area contributed by atoms with Crippen molar-refractivity contribution in [2.75, 3.05) is 12.4 Å². The van der Waals surface area contributed by atoms with Crippen LogP contribution in [0.2, 0.25) is 0 Å². The Bertz CT molecular complexity index is 605. The molecule has 0 heterocycles. The van der Waals surface area contributed by atoms with Gasteiger partial charge in [0, 0.05) is 6.61 Å². The second kappa shape index (κ2) is 7.56. The lowest BCUT2D eigenvalue weighted by Gasteiger charge is -2.11. The van der Waals surface area contributed by atoms with Crippen molar-refractivity contribution < 1.29 is 23.4 Å². The van der Waals surface area contributed by atoms with Crippen molar-refractivity contribution in [2.24, 2.45) is 0 Å². The average molecular weight is 314 g/mol. The van der Waals surface area contributed by atoms with Crippen molar-refractivity contribution in [3.8, 4) is 0 Å². The van der Waals surface area contributed by atoms with Crippen LogP contribution >= 0.6 is 0 Å². The minimum atomic E-state index is -3.48. The summed E-state index contributed by atoms with van der Waals surface area (Å²) >= 11 is 0. The van der Waals surface area contributed by atoms with Gasteiger partial charge in [-0.15, -0.1) is 0 Å². The van der Waals surface area contributed by atoms with Crippen molar-refractivity contribution in [1.82, 2.24) is 0 Å². The van der Waals surface area contributed by atoms with Crippen LogP contribution in [-0.4, -0.2) is 37.0 Å². The van der Waals surface area contributed by atoms with Crippen molar-refractivity contribution in [1.29, 1.82) is 0 Å². The number of carbonyl (C=O) groups is 1. The minimum absolute atomic E-state index is 0.00138. The van der Waals surface area contributed by atoms with Gasteiger partial charge in [-0.25, -0.2) is 13.2 Å². The van der Waals surface area contributed by atoms with Gasteiger partial charge in [0.15, 0.2) is 9.84 Å². The summed E-state index contributed by atoms with van der Waals surface area (Å²) in [6.07, 6.45) is 2.71. The number of aromatic carboxylic acids is 1. The minimum Gasteiger partial charge on any atom is -0.478 e. The highest BCUT2D eigenvalue weighted by atomic mass is 32.2. The zero-order valence-corrected chi connectivity index (χ0v) is 13.2. The number of carboxylic acid groups (broad SMARTS) is 1. The highest BCUT2D eigenvalue weighted by molar-refractivity contribution is 7.91. The summed E-state index contributed by atoms with van der Waals surface area (Å²) in [4.78, 5) is 11.2. The summed E-state index contributed by atoms with van der Waals surface area (Å²) in [6.45, 7) is 3.45. The molecule has 0 aromatic heterocycles. The molecule has 0 saturated heterocycles. The van der Waals surface area contributed by atoms with Crippen LogP contribution in [0, 0.1) is 13.8 Å². The summed E-state index contributed by atoms with van der Waals surface area (Å²) < 4.78 is 24.7. The molecule has 0 aliphatic heterocycles. The van der Waals surface area contributed by atoms with E-state index in [1.165, 1.54) is 6.07 Å². The lowest BCUT2D eigenvalue weighted by molar-refractivity contribution is 0.0696. The molecular formula is C15H22O5S. The number of carboxylic acids is 1. The summed E-state index contributed by atoms with van der Waals surface area (Å²) in [5, 5.41) is 17.8. The van der Waals surface area contributed by atoms with Gasteiger partial charge >= 0.3 is 5.97 Å². The summed E-state index contributed by atoms with van der Waals surface area (Å²) in [7, 11) is -3.48. The molecule has 1 rings (SSSR count). The number of hydrogen-bond acceptors (Lipinski definition) is 4. The normalized spacial score (nSPS) is 11.6. The summed E-state index contributed by atoms with van der Waals surface area (Å²) in [5.41, 5.74) is 1.16. The molecule has 0 spiro atoms. The van der Waals surface area contributed by atoms with Crippen LogP contribution in [0.5, 0.6) is 0 Å². The number of rotatable bonds is 8. The summed E-state index contributed by atoms with van der Waals surface area (Å²) in [6, 6.07) is 2.86. The first kappa shape index (κ1) is 17.7. The number of aryl methyl sites for hydroxylation is 2. The first-order valence-electron chi connectivity index (χ1n) is 6.97. The maximum atomic E-state index is 12.3. The summed E-state index contributed by atoms with van der Waals surface area (Å²) in [5.74, 6) is -1.12. The molecule has 118 valence electrons. The van der Waals surface area contributed by atoms with E-state index in [-0.39, 0.29) is 22.8 Å². The van der Waals surface area contributed by atoms with E-state index in [0.717, 1.165) is 12.8 Å². The van der Waals surface area contributed by atoms with Gasteiger partial charge < -0.3 is 10.2 Å². The Balaban J connectivity index is 2.92. The smallest absolute Gasteiger partial charge is 0.335 e. The second-order valence-electron chi connectivity index (χ2n) is 5.19. The third kappa shape index (κ3) is 4.82. The van der Waals surface area contributed by atoms with Gasteiger partial charge in [-0.1, -0.05) is 18.9 Å². The fourth-order valence-electron chi connectivity index (χ4n) is 2.27. The van der Waals surface area contributed by atoms with Crippen LogP contribution in [0.15, 0.2) is 17.0 Å². The Morgan fingerprint density at radius 2 is 1.67 bits per heavy atom. The molecule has 0 fully saturated rings. The van der Waals surface area contributed by atoms with E-state index in [0.29, 0.717) is 24.0 Å². The van der Waals surface area contributed by atoms with Crippen LogP contribution in [0.4, 0.5) is 0 Å². The molecule has 0 amide bonds. The number of sulfone groups is 1. The molecule has 6 heteroatoms. The van der Waals surface area contributed by atoms with Gasteiger partial charge in [-0.2, -0.15) is 0 Å². The largest absolute Gasteiger partial charge is 0.478 e. The maximum Gasteiger partial charge on any atom is 0.335 e. The van der Waals surface area contributed by atoms with E-state index < -0.39 is 15.8 Å². The zero-order valence-electron chi connectivity index (χ0n) is 12.4. The SMILES string of the molecule is Cc1cc(C)c(S(=O)(=O)CCCCCCO)cc1C(=O)O. The maximum absolute atomic E-state index is 12.3. The lowest BCUT2D eigenvalue weighted by Crippen LogP contribution is -2.11. The van der Waals surface area contributed by atoms with Crippen LogP contribution in [0.3, 0.4) is 0 Å². The van der Waals surface area contributed by atoms with Crippen LogP contribution in [0.25, 0.3) is 0 Å². The highest BCUT2D eigenvalue weighted by Gasteiger charge is 2.20. The molecule has 0 aliphatic rings. The van der Waals surface area contributed by atoms with Gasteiger partial charge in [0.05, 0.1) is 16.2 Å². The van der Waals surface area contributed by atoms with Crippen LogP contribution in [-0.2, 0) is 9.84 Å². The number of aliphatic hydroxyl groups is 1. The molecule has 1 aromatic carbocycles. The Morgan fingerprint density at radius 1 is 1.05 bits per heavy atom. The van der Waals surface area contributed by atoms with Gasteiger partial charge in [0.25, 0.3) is 0 Å². The molecule has 0 unspecified atom stereocenters. The topological polar surface area (TPSA) is 91.7 Å². The third-order valence-corrected chi connectivity index (χ3v) is 5.34. The number of unbranched alkanes of at least 4 members (excludes halogenated alkanes) is 3. The van der Waals surface area contributed by atoms with Gasteiger partial charge in [-0.3, -0.25) is 0 Å². The van der Waals surface area contributed by atoms with Crippen LogP contribution < -0.4 is 0 Å². The highest BCUT2D eigenvalue weighted by Crippen LogP contribution is 2.22. The van der Waals surface area contributed by atoms with E-state index in [2.05, 4.69) is 0 Å². The average Bonchev–Trinajstić information content (AvgIpc) is 2.37. The Morgan fingerprint density at radius 3 is 2.24 bits per heavy atom. The standard InChI is InChI=1S/C15H22O5S/c1-11-9-12(2)14(10-13(11)15(17)18)21(19,20)8-6-4-3-5-7-16/h9-10,16H,3-8H2,1-2H3,(H,17,18). The van der Waals surface area contributed by atoms with E-state index in [4.69, 9.17) is 10.2 Å². The van der Waals surface area contributed by atoms with E-state index in [9.17, 15) is 13.2 Å². The third-order valence-electron chi connectivity index (χ3n) is 3.41. The van der Waals surface area contributed by atoms with E-state index in [1.54, 1.807) is 19.9 Å². The van der Waals surface area contributed by atoms with E-state index in [1.807, 2.05) is 0 Å². The van der Waals surface area contributed by atoms with Gasteiger partial charge in [0.1, 0.15) is 0 Å². The molecule has 0 saturated carbocycles.